The zero-order valence-electron chi connectivity index (χ0n) is 5.21. The van der Waals surface area contributed by atoms with Gasteiger partial charge in [0.1, 0.15) is 0 Å². The van der Waals surface area contributed by atoms with Gasteiger partial charge in [0.25, 0.3) is 0 Å². The van der Waals surface area contributed by atoms with E-state index in [1.807, 2.05) is 0 Å². The summed E-state index contributed by atoms with van der Waals surface area (Å²) >= 11 is 6.40. The lowest BCUT2D eigenvalue weighted by Crippen LogP contribution is -1.75. The fourth-order valence-electron chi connectivity index (χ4n) is 0.533. The molecule has 1 rings (SSSR count). The van der Waals surface area contributed by atoms with Crippen LogP contribution in [-0.2, 0) is 4.79 Å². The number of carbonyl (C=O) groups excluding carboxylic acids is 1. The minimum Gasteiger partial charge on any atom is -0.234 e. The molecule has 0 spiro atoms. The molecule has 1 aromatic heterocycles. The van der Waals surface area contributed by atoms with Gasteiger partial charge in [0.15, 0.2) is 5.82 Å². The molecular weight excluding hydrogens is 276 g/mol. The Hall–Kier alpha value is -0.510. The van der Waals surface area contributed by atoms with E-state index in [1.54, 1.807) is 12.3 Å². The minimum absolute atomic E-state index is 0.336. The van der Waals surface area contributed by atoms with Gasteiger partial charge in [0.2, 0.25) is 6.08 Å². The van der Waals surface area contributed by atoms with Crippen LogP contribution in [0.25, 0.3) is 0 Å². The summed E-state index contributed by atoms with van der Waals surface area (Å²) in [4.78, 5) is 17.1. The van der Waals surface area contributed by atoms with E-state index in [1.165, 1.54) is 6.08 Å². The molecule has 0 aliphatic rings. The normalized spacial score (nSPS) is 8.91. The molecule has 1 heterocycles. The molecule has 1 aromatic rings. The van der Waals surface area contributed by atoms with Crippen LogP contribution in [0.5, 0.6) is 0 Å². The quantitative estimate of drug-likeness (QED) is 0.585. The standard InChI is InChI=1S/C6H2Br2N2O/c7-4-1-5(8)6(9-2-4)10-3-11/h1-2H. The molecule has 0 radical (unpaired) electrons. The molecule has 0 N–H and O–H groups in total. The Bertz CT molecular complexity index is 320. The van der Waals surface area contributed by atoms with Gasteiger partial charge in [0.05, 0.1) is 4.47 Å². The number of hydrogen-bond acceptors (Lipinski definition) is 3. The smallest absolute Gasteiger partial charge is 0.234 e. The van der Waals surface area contributed by atoms with E-state index in [0.29, 0.717) is 10.3 Å². The second kappa shape index (κ2) is 3.76. The monoisotopic (exact) mass is 276 g/mol. The first-order valence-electron chi connectivity index (χ1n) is 2.63. The van der Waals surface area contributed by atoms with E-state index in [9.17, 15) is 4.79 Å². The molecule has 0 unspecified atom stereocenters. The molecule has 0 bridgehead atoms. The maximum absolute atomic E-state index is 9.85. The van der Waals surface area contributed by atoms with Gasteiger partial charge in [-0.05, 0) is 37.9 Å². The number of rotatable bonds is 1. The van der Waals surface area contributed by atoms with E-state index in [4.69, 9.17) is 0 Å². The molecule has 0 amide bonds. The summed E-state index contributed by atoms with van der Waals surface area (Å²) in [5.74, 6) is 0.336. The number of isocyanates is 1. The highest BCUT2D eigenvalue weighted by molar-refractivity contribution is 9.11. The molecule has 0 aliphatic heterocycles. The number of aliphatic imine (C=N–C) groups is 1. The molecule has 0 fully saturated rings. The third-order valence-electron chi connectivity index (χ3n) is 0.940. The molecule has 0 aliphatic carbocycles. The van der Waals surface area contributed by atoms with E-state index in [0.717, 1.165) is 4.47 Å². The van der Waals surface area contributed by atoms with Gasteiger partial charge in [-0.1, -0.05) is 0 Å². The van der Waals surface area contributed by atoms with Crippen LogP contribution < -0.4 is 0 Å². The summed E-state index contributed by atoms with van der Waals surface area (Å²) in [5, 5.41) is 0. The average Bonchev–Trinajstić information content (AvgIpc) is 1.95. The number of nitrogens with zero attached hydrogens (tertiary/aromatic N) is 2. The van der Waals surface area contributed by atoms with Crippen molar-refractivity contribution in [2.24, 2.45) is 4.99 Å². The average molecular weight is 278 g/mol. The largest absolute Gasteiger partial charge is 0.242 e. The van der Waals surface area contributed by atoms with Gasteiger partial charge in [-0.3, -0.25) is 0 Å². The zero-order chi connectivity index (χ0) is 8.27. The topological polar surface area (TPSA) is 42.3 Å². The predicted molar refractivity (Wildman–Crippen MR) is 47.4 cm³/mol. The summed E-state index contributed by atoms with van der Waals surface area (Å²) in [6, 6.07) is 1.75. The third kappa shape index (κ3) is 2.22. The van der Waals surface area contributed by atoms with Crippen molar-refractivity contribution in [3.63, 3.8) is 0 Å². The molecule has 0 saturated carbocycles. The minimum atomic E-state index is 0.336. The summed E-state index contributed by atoms with van der Waals surface area (Å²) < 4.78 is 1.49. The summed E-state index contributed by atoms with van der Waals surface area (Å²) in [7, 11) is 0. The Kier molecular flexibility index (Phi) is 2.93. The second-order valence-corrected chi connectivity index (χ2v) is 3.43. The molecule has 0 saturated heterocycles. The van der Waals surface area contributed by atoms with Crippen molar-refractivity contribution < 1.29 is 4.79 Å². The van der Waals surface area contributed by atoms with Crippen LogP contribution >= 0.6 is 31.9 Å². The van der Waals surface area contributed by atoms with Gasteiger partial charge in [-0.2, -0.15) is 0 Å². The van der Waals surface area contributed by atoms with Crippen molar-refractivity contribution in [3.05, 3.63) is 21.2 Å². The summed E-state index contributed by atoms with van der Waals surface area (Å²) in [6.45, 7) is 0. The molecular formula is C6H2Br2N2O. The third-order valence-corrected chi connectivity index (χ3v) is 1.96. The van der Waals surface area contributed by atoms with Crippen molar-refractivity contribution >= 4 is 43.8 Å². The molecule has 3 nitrogen and oxygen atoms in total. The highest BCUT2D eigenvalue weighted by Crippen LogP contribution is 2.24. The highest BCUT2D eigenvalue weighted by Gasteiger charge is 1.98. The first kappa shape index (κ1) is 8.59. The summed E-state index contributed by atoms with van der Waals surface area (Å²) in [6.07, 6.45) is 2.97. The van der Waals surface area contributed by atoms with Crippen LogP contribution in [0.4, 0.5) is 5.82 Å². The van der Waals surface area contributed by atoms with Crippen LogP contribution in [0.15, 0.2) is 26.2 Å². The highest BCUT2D eigenvalue weighted by atomic mass is 79.9. The van der Waals surface area contributed by atoms with Gasteiger partial charge < -0.3 is 0 Å². The Morgan fingerprint density at radius 2 is 2.27 bits per heavy atom. The van der Waals surface area contributed by atoms with Crippen molar-refractivity contribution in [2.75, 3.05) is 0 Å². The van der Waals surface area contributed by atoms with E-state index in [2.05, 4.69) is 41.8 Å². The molecule has 0 atom stereocenters. The van der Waals surface area contributed by atoms with Crippen molar-refractivity contribution in [1.82, 2.24) is 4.98 Å². The van der Waals surface area contributed by atoms with Crippen LogP contribution in [0.1, 0.15) is 0 Å². The Balaban J connectivity index is 3.19. The van der Waals surface area contributed by atoms with Crippen molar-refractivity contribution in [3.8, 4) is 0 Å². The Morgan fingerprint density at radius 3 is 2.82 bits per heavy atom. The number of aromatic nitrogens is 1. The SMILES string of the molecule is O=C=Nc1ncc(Br)cc1Br. The van der Waals surface area contributed by atoms with Crippen LogP contribution in [0, 0.1) is 0 Å². The fraction of sp³-hybridized carbons (Fsp3) is 0. The number of pyridine rings is 1. The Labute approximate surface area is 79.8 Å². The fourth-order valence-corrected chi connectivity index (χ4v) is 1.61. The predicted octanol–water partition coefficient (Wildman–Crippen LogP) is 2.57. The van der Waals surface area contributed by atoms with Crippen LogP contribution in [0.3, 0.4) is 0 Å². The molecule has 56 valence electrons. The maximum Gasteiger partial charge on any atom is 0.242 e. The van der Waals surface area contributed by atoms with Crippen LogP contribution in [-0.4, -0.2) is 11.1 Å². The lowest BCUT2D eigenvalue weighted by molar-refractivity contribution is 0.565. The lowest BCUT2D eigenvalue weighted by Gasteiger charge is -1.93. The van der Waals surface area contributed by atoms with Crippen LogP contribution in [0.2, 0.25) is 0 Å². The Morgan fingerprint density at radius 1 is 1.55 bits per heavy atom. The first-order chi connectivity index (χ1) is 5.24. The van der Waals surface area contributed by atoms with Gasteiger partial charge in [-0.25, -0.2) is 9.78 Å². The molecule has 11 heavy (non-hydrogen) atoms. The number of hydrogen-bond donors (Lipinski definition) is 0. The number of halogens is 2. The maximum atomic E-state index is 9.85. The van der Waals surface area contributed by atoms with E-state index in [-0.39, 0.29) is 0 Å². The lowest BCUT2D eigenvalue weighted by atomic mass is 10.5. The van der Waals surface area contributed by atoms with Crippen molar-refractivity contribution in [1.29, 1.82) is 0 Å². The molecule has 0 aromatic carbocycles. The summed E-state index contributed by atoms with van der Waals surface area (Å²) in [5.41, 5.74) is 0. The van der Waals surface area contributed by atoms with Gasteiger partial charge >= 0.3 is 0 Å². The van der Waals surface area contributed by atoms with Gasteiger partial charge in [-0.15, -0.1) is 4.99 Å². The first-order valence-corrected chi connectivity index (χ1v) is 4.21. The second-order valence-electron chi connectivity index (χ2n) is 1.66. The molecule has 5 heteroatoms. The van der Waals surface area contributed by atoms with Crippen molar-refractivity contribution in [2.45, 2.75) is 0 Å². The van der Waals surface area contributed by atoms with E-state index < -0.39 is 0 Å². The van der Waals surface area contributed by atoms with E-state index >= 15 is 0 Å². The zero-order valence-corrected chi connectivity index (χ0v) is 8.39. The van der Waals surface area contributed by atoms with Gasteiger partial charge in [0, 0.05) is 10.7 Å².